The Labute approximate surface area is 143 Å². The van der Waals surface area contributed by atoms with E-state index >= 15 is 0 Å². The van der Waals surface area contributed by atoms with Crippen LogP contribution >= 0.6 is 11.3 Å². The largest absolute Gasteiger partial charge is 0.459 e. The highest BCUT2D eigenvalue weighted by atomic mass is 32.1. The van der Waals surface area contributed by atoms with Gasteiger partial charge in [0.1, 0.15) is 0 Å². The van der Waals surface area contributed by atoms with E-state index in [1.54, 1.807) is 18.2 Å². The summed E-state index contributed by atoms with van der Waals surface area (Å²) in [7, 11) is 0. The molecule has 2 aromatic heterocycles. The highest BCUT2D eigenvalue weighted by Crippen LogP contribution is 2.28. The summed E-state index contributed by atoms with van der Waals surface area (Å²) in [4.78, 5) is 25.0. The second kappa shape index (κ2) is 7.02. The lowest BCUT2D eigenvalue weighted by Crippen LogP contribution is -2.32. The Morgan fingerprint density at radius 1 is 1.38 bits per heavy atom. The van der Waals surface area contributed by atoms with Gasteiger partial charge in [0.2, 0.25) is 0 Å². The van der Waals surface area contributed by atoms with E-state index in [4.69, 9.17) is 9.52 Å². The van der Waals surface area contributed by atoms with Crippen LogP contribution in [0.25, 0.3) is 0 Å². The quantitative estimate of drug-likeness (QED) is 0.726. The fraction of sp³-hybridized carbons (Fsp3) is 0.294. The summed E-state index contributed by atoms with van der Waals surface area (Å²) in [6.07, 6.45) is 5.96. The smallest absolute Gasteiger partial charge is 0.291 e. The lowest BCUT2D eigenvalue weighted by Gasteiger charge is -2.12. The Bertz CT molecular complexity index is 764. The molecule has 3 rings (SSSR count). The van der Waals surface area contributed by atoms with Gasteiger partial charge in [0.05, 0.1) is 16.1 Å². The van der Waals surface area contributed by atoms with Crippen molar-refractivity contribution in [3.8, 4) is 0 Å². The first-order valence-electron chi connectivity index (χ1n) is 7.62. The molecule has 7 heteroatoms. The van der Waals surface area contributed by atoms with Crippen LogP contribution in [0, 0.1) is 12.8 Å². The van der Waals surface area contributed by atoms with E-state index in [-0.39, 0.29) is 36.1 Å². The van der Waals surface area contributed by atoms with Gasteiger partial charge in [0.25, 0.3) is 11.8 Å². The number of amides is 2. The predicted octanol–water partition coefficient (Wildman–Crippen LogP) is 2.57. The standard InChI is InChI=1S/C17H18N2O4S/c1-10-7-14(19-16(21)13-3-2-6-23-13)24-15(10)17(22)18-12-5-4-11(8-12)9-20/h2-7,11-12,20H,8-9H2,1H3,(H,18,22)(H,19,21)/t11-,12+/m0/s1. The Balaban J connectivity index is 1.64. The Morgan fingerprint density at radius 2 is 2.21 bits per heavy atom. The summed E-state index contributed by atoms with van der Waals surface area (Å²) < 4.78 is 5.05. The maximum Gasteiger partial charge on any atom is 0.291 e. The number of carbonyl (C=O) groups is 2. The molecular weight excluding hydrogens is 328 g/mol. The van der Waals surface area contributed by atoms with Gasteiger partial charge in [-0.15, -0.1) is 11.3 Å². The number of aliphatic hydroxyl groups excluding tert-OH is 1. The average molecular weight is 346 g/mol. The zero-order valence-corrected chi connectivity index (χ0v) is 13.9. The van der Waals surface area contributed by atoms with Crippen LogP contribution in [0.2, 0.25) is 0 Å². The van der Waals surface area contributed by atoms with Crippen LogP contribution < -0.4 is 10.6 Å². The van der Waals surface area contributed by atoms with E-state index in [2.05, 4.69) is 10.6 Å². The molecule has 1 aliphatic rings. The van der Waals surface area contributed by atoms with Gasteiger partial charge in [-0.2, -0.15) is 0 Å². The number of furan rings is 1. The molecule has 0 unspecified atom stereocenters. The summed E-state index contributed by atoms with van der Waals surface area (Å²) >= 11 is 1.22. The van der Waals surface area contributed by atoms with E-state index in [9.17, 15) is 9.59 Å². The molecule has 2 amide bonds. The number of carbonyl (C=O) groups excluding carboxylic acids is 2. The van der Waals surface area contributed by atoms with E-state index in [0.717, 1.165) is 5.56 Å². The molecule has 126 valence electrons. The molecule has 0 radical (unpaired) electrons. The first kappa shape index (κ1) is 16.5. The minimum Gasteiger partial charge on any atom is -0.459 e. The normalized spacial score (nSPS) is 19.4. The minimum absolute atomic E-state index is 0.0719. The van der Waals surface area contributed by atoms with E-state index in [1.807, 2.05) is 19.1 Å². The molecule has 24 heavy (non-hydrogen) atoms. The lowest BCUT2D eigenvalue weighted by molar-refractivity contribution is 0.0943. The zero-order valence-electron chi connectivity index (χ0n) is 13.1. The van der Waals surface area contributed by atoms with Crippen molar-refractivity contribution < 1.29 is 19.1 Å². The molecule has 0 bridgehead atoms. The van der Waals surface area contributed by atoms with Crippen LogP contribution in [0.1, 0.15) is 32.2 Å². The lowest BCUT2D eigenvalue weighted by atomic mass is 10.1. The molecule has 2 aromatic rings. The molecule has 0 spiro atoms. The molecule has 0 aromatic carbocycles. The number of nitrogens with one attached hydrogen (secondary N) is 2. The first-order chi connectivity index (χ1) is 11.6. The monoisotopic (exact) mass is 346 g/mol. The average Bonchev–Trinajstić information content (AvgIpc) is 3.27. The predicted molar refractivity (Wildman–Crippen MR) is 91.3 cm³/mol. The van der Waals surface area contributed by atoms with Crippen molar-refractivity contribution >= 4 is 28.2 Å². The number of hydrogen-bond donors (Lipinski definition) is 3. The van der Waals surface area contributed by atoms with Crippen LogP contribution in [0.5, 0.6) is 0 Å². The third kappa shape index (κ3) is 3.58. The molecular formula is C17H18N2O4S. The van der Waals surface area contributed by atoms with Crippen LogP contribution in [-0.4, -0.2) is 29.6 Å². The van der Waals surface area contributed by atoms with Gasteiger partial charge in [-0.3, -0.25) is 9.59 Å². The van der Waals surface area contributed by atoms with E-state index in [0.29, 0.717) is 16.3 Å². The summed E-state index contributed by atoms with van der Waals surface area (Å²) in [5.74, 6) is -0.206. The molecule has 2 heterocycles. The van der Waals surface area contributed by atoms with E-state index < -0.39 is 0 Å². The number of thiophene rings is 1. The Morgan fingerprint density at radius 3 is 2.88 bits per heavy atom. The van der Waals surface area contributed by atoms with Gasteiger partial charge in [-0.1, -0.05) is 12.2 Å². The summed E-state index contributed by atoms with van der Waals surface area (Å²) in [6.45, 7) is 1.92. The number of anilines is 1. The van der Waals surface area contributed by atoms with Crippen molar-refractivity contribution in [2.24, 2.45) is 5.92 Å². The van der Waals surface area contributed by atoms with Gasteiger partial charge in [0, 0.05) is 18.6 Å². The maximum atomic E-state index is 12.4. The van der Waals surface area contributed by atoms with Gasteiger partial charge in [-0.25, -0.2) is 0 Å². The topological polar surface area (TPSA) is 91.6 Å². The zero-order chi connectivity index (χ0) is 17.1. The molecule has 0 saturated heterocycles. The number of rotatable bonds is 5. The van der Waals surface area contributed by atoms with Gasteiger partial charge in [-0.05, 0) is 37.1 Å². The fourth-order valence-corrected chi connectivity index (χ4v) is 3.57. The maximum absolute atomic E-state index is 12.4. The minimum atomic E-state index is -0.349. The SMILES string of the molecule is Cc1cc(NC(=O)c2ccco2)sc1C(=O)N[C@@H]1C=C[C@H](CO)C1. The highest BCUT2D eigenvalue weighted by Gasteiger charge is 2.22. The number of aryl methyl sites for hydroxylation is 1. The van der Waals surface area contributed by atoms with Crippen LogP contribution in [0.3, 0.4) is 0 Å². The van der Waals surface area contributed by atoms with Crippen molar-refractivity contribution in [1.29, 1.82) is 0 Å². The third-order valence-electron chi connectivity index (χ3n) is 3.83. The second-order valence-electron chi connectivity index (χ2n) is 5.70. The molecule has 0 saturated carbocycles. The Hall–Kier alpha value is -2.38. The van der Waals surface area contributed by atoms with Crippen LogP contribution in [0.4, 0.5) is 5.00 Å². The highest BCUT2D eigenvalue weighted by molar-refractivity contribution is 7.18. The summed E-state index contributed by atoms with van der Waals surface area (Å²) in [5.41, 5.74) is 0.799. The van der Waals surface area contributed by atoms with Crippen molar-refractivity contribution in [2.45, 2.75) is 19.4 Å². The van der Waals surface area contributed by atoms with Crippen molar-refractivity contribution in [1.82, 2.24) is 5.32 Å². The van der Waals surface area contributed by atoms with Crippen molar-refractivity contribution in [2.75, 3.05) is 11.9 Å². The van der Waals surface area contributed by atoms with E-state index in [1.165, 1.54) is 17.6 Å². The van der Waals surface area contributed by atoms with Crippen molar-refractivity contribution in [3.05, 3.63) is 52.8 Å². The Kier molecular flexibility index (Phi) is 4.82. The van der Waals surface area contributed by atoms with Gasteiger partial charge < -0.3 is 20.2 Å². The number of aliphatic hydroxyl groups is 1. The van der Waals surface area contributed by atoms with Crippen LogP contribution in [0.15, 0.2) is 41.0 Å². The third-order valence-corrected chi connectivity index (χ3v) is 4.98. The molecule has 3 N–H and O–H groups in total. The second-order valence-corrected chi connectivity index (χ2v) is 6.75. The molecule has 2 atom stereocenters. The fourth-order valence-electron chi connectivity index (χ4n) is 2.60. The summed E-state index contributed by atoms with van der Waals surface area (Å²) in [6, 6.07) is 4.91. The molecule has 0 fully saturated rings. The van der Waals surface area contributed by atoms with Crippen LogP contribution in [-0.2, 0) is 0 Å². The van der Waals surface area contributed by atoms with Crippen molar-refractivity contribution in [3.63, 3.8) is 0 Å². The molecule has 1 aliphatic carbocycles. The van der Waals surface area contributed by atoms with Gasteiger partial charge >= 0.3 is 0 Å². The van der Waals surface area contributed by atoms with Gasteiger partial charge in [0.15, 0.2) is 5.76 Å². The first-order valence-corrected chi connectivity index (χ1v) is 8.44. The number of hydrogen-bond acceptors (Lipinski definition) is 5. The summed E-state index contributed by atoms with van der Waals surface area (Å²) in [5, 5.41) is 15.4. The molecule has 6 nitrogen and oxygen atoms in total. The molecule has 0 aliphatic heterocycles.